The maximum Gasteiger partial charge on any atom is 1.00 e. The average molecular weight is 414 g/mol. The van der Waals surface area contributed by atoms with E-state index in [0.717, 1.165) is 6.42 Å². The Labute approximate surface area is 184 Å². The SMILES string of the molecule is CCC=C(C)C(=O)O[N+](C)(C)C.O=S(=O)([O-])C=Cc1ccccc1.[Cl-].[Na+]. The molecule has 0 aliphatic heterocycles. The summed E-state index contributed by atoms with van der Waals surface area (Å²) < 4.78 is 30.7. The van der Waals surface area contributed by atoms with E-state index in [1.165, 1.54) is 6.08 Å². The van der Waals surface area contributed by atoms with Crippen LogP contribution in [-0.2, 0) is 19.8 Å². The molecule has 1 aromatic rings. The van der Waals surface area contributed by atoms with E-state index in [2.05, 4.69) is 0 Å². The Morgan fingerprint density at radius 3 is 2.08 bits per heavy atom. The number of benzene rings is 1. The van der Waals surface area contributed by atoms with Gasteiger partial charge in [-0.1, -0.05) is 43.3 Å². The number of halogens is 1. The van der Waals surface area contributed by atoms with Gasteiger partial charge >= 0.3 is 35.5 Å². The van der Waals surface area contributed by atoms with E-state index < -0.39 is 10.1 Å². The van der Waals surface area contributed by atoms with E-state index >= 15 is 0 Å². The Morgan fingerprint density at radius 1 is 1.19 bits per heavy atom. The molecule has 0 N–H and O–H groups in total. The van der Waals surface area contributed by atoms with Gasteiger partial charge in [0.15, 0.2) is 0 Å². The van der Waals surface area contributed by atoms with Crippen LogP contribution in [-0.4, -0.2) is 44.7 Å². The molecule has 9 heteroatoms. The summed E-state index contributed by atoms with van der Waals surface area (Å²) >= 11 is 0. The number of quaternary nitrogens is 1. The summed E-state index contributed by atoms with van der Waals surface area (Å²) in [5.74, 6) is -0.246. The molecular formula is C17H25ClNNaO5S. The summed E-state index contributed by atoms with van der Waals surface area (Å²) in [6.45, 7) is 3.75. The minimum absolute atomic E-state index is 0. The second-order valence-electron chi connectivity index (χ2n) is 5.77. The molecule has 0 radical (unpaired) electrons. The molecule has 0 heterocycles. The first kappa shape index (κ1) is 30.1. The Kier molecular flexibility index (Phi) is 16.6. The maximum absolute atomic E-state index is 11.2. The molecule has 0 fully saturated rings. The van der Waals surface area contributed by atoms with Gasteiger partial charge in [0.25, 0.3) is 0 Å². The Balaban J connectivity index is -0.000000378. The van der Waals surface area contributed by atoms with Crippen molar-refractivity contribution in [2.45, 2.75) is 20.3 Å². The van der Waals surface area contributed by atoms with E-state index in [4.69, 9.17) is 4.84 Å². The number of nitrogens with zero attached hydrogens (tertiary/aromatic N) is 1. The van der Waals surface area contributed by atoms with Gasteiger partial charge < -0.3 is 17.0 Å². The molecule has 0 atom stereocenters. The molecule has 0 aliphatic rings. The zero-order valence-electron chi connectivity index (χ0n) is 16.1. The number of carbonyl (C=O) groups is 1. The molecule has 0 unspecified atom stereocenters. The van der Waals surface area contributed by atoms with Gasteiger partial charge in [-0.2, -0.15) is 0 Å². The quantitative estimate of drug-likeness (QED) is 0.166. The third-order valence-corrected chi connectivity index (χ3v) is 2.89. The second kappa shape index (κ2) is 14.4. The van der Waals surface area contributed by atoms with Crippen molar-refractivity contribution < 1.29 is 69.2 Å². The van der Waals surface area contributed by atoms with Crippen LogP contribution in [0.1, 0.15) is 25.8 Å². The zero-order valence-corrected chi connectivity index (χ0v) is 19.7. The smallest absolute Gasteiger partial charge is 1.00 e. The summed E-state index contributed by atoms with van der Waals surface area (Å²) in [6.07, 6.45) is 3.98. The van der Waals surface area contributed by atoms with Crippen LogP contribution < -0.4 is 42.0 Å². The van der Waals surface area contributed by atoms with E-state index in [1.54, 1.807) is 52.3 Å². The number of carbonyl (C=O) groups excluding carboxylic acids is 1. The van der Waals surface area contributed by atoms with Crippen molar-refractivity contribution in [2.24, 2.45) is 0 Å². The van der Waals surface area contributed by atoms with Gasteiger partial charge in [-0.15, -0.1) is 4.65 Å². The summed E-state index contributed by atoms with van der Waals surface area (Å²) in [4.78, 5) is 16.3. The molecule has 0 saturated heterocycles. The minimum atomic E-state index is -4.25. The van der Waals surface area contributed by atoms with Gasteiger partial charge in [-0.25, -0.2) is 13.2 Å². The van der Waals surface area contributed by atoms with Crippen LogP contribution >= 0.6 is 0 Å². The van der Waals surface area contributed by atoms with Crippen molar-refractivity contribution in [3.05, 3.63) is 53.0 Å². The summed E-state index contributed by atoms with van der Waals surface area (Å²) in [6, 6.07) is 8.75. The molecule has 0 bridgehead atoms. The van der Waals surface area contributed by atoms with Crippen molar-refractivity contribution in [2.75, 3.05) is 21.1 Å². The Morgan fingerprint density at radius 2 is 1.69 bits per heavy atom. The van der Waals surface area contributed by atoms with Crippen LogP contribution in [0.3, 0.4) is 0 Å². The van der Waals surface area contributed by atoms with Gasteiger partial charge in [0.2, 0.25) is 0 Å². The first-order valence-corrected chi connectivity index (χ1v) is 8.83. The molecular weight excluding hydrogens is 389 g/mol. The standard InChI is InChI=1S/C9H18NO2.C8H8O3S.ClH.Na/c1-6-7-8(2)9(11)12-10(3,4)5;9-12(10,11)7-6-8-4-2-1-3-5-8;;/h7H,6H2,1-5H3;1-7H,(H,9,10,11);1H;/q+1;;;+1/p-2. The molecule has 0 saturated carbocycles. The molecule has 0 amide bonds. The van der Waals surface area contributed by atoms with Gasteiger partial charge in [0.1, 0.15) is 31.3 Å². The molecule has 0 aliphatic carbocycles. The van der Waals surface area contributed by atoms with E-state index in [1.807, 2.05) is 19.1 Å². The van der Waals surface area contributed by atoms with Gasteiger partial charge in [0, 0.05) is 11.0 Å². The van der Waals surface area contributed by atoms with Gasteiger partial charge in [-0.3, -0.25) is 4.84 Å². The molecule has 1 aromatic carbocycles. The maximum atomic E-state index is 11.2. The molecule has 0 aromatic heterocycles. The normalized spacial score (nSPS) is 11.5. The molecule has 6 nitrogen and oxygen atoms in total. The summed E-state index contributed by atoms with van der Waals surface area (Å²) in [5.41, 5.74) is 1.36. The van der Waals surface area contributed by atoms with Crippen LogP contribution in [0.2, 0.25) is 0 Å². The molecule has 142 valence electrons. The predicted octanol–water partition coefficient (Wildman–Crippen LogP) is -3.28. The van der Waals surface area contributed by atoms with Crippen molar-refractivity contribution >= 4 is 22.2 Å². The number of rotatable bonds is 5. The van der Waals surface area contributed by atoms with Crippen molar-refractivity contribution in [3.8, 4) is 0 Å². The number of allylic oxidation sites excluding steroid dienone is 1. The van der Waals surface area contributed by atoms with Crippen LogP contribution in [0, 0.1) is 0 Å². The fourth-order valence-electron chi connectivity index (χ4n) is 1.44. The summed E-state index contributed by atoms with van der Waals surface area (Å²) in [5, 5.41) is 0.641. The Bertz CT molecular complexity index is 683. The third-order valence-electron chi connectivity index (χ3n) is 2.42. The average Bonchev–Trinajstić information content (AvgIpc) is 2.45. The number of hydrogen-bond donors (Lipinski definition) is 0. The van der Waals surface area contributed by atoms with Crippen LogP contribution in [0.25, 0.3) is 6.08 Å². The predicted molar refractivity (Wildman–Crippen MR) is 93.3 cm³/mol. The largest absolute Gasteiger partial charge is 1.00 e. The number of hydrogen-bond acceptors (Lipinski definition) is 5. The van der Waals surface area contributed by atoms with Crippen LogP contribution in [0.4, 0.5) is 0 Å². The van der Waals surface area contributed by atoms with E-state index in [9.17, 15) is 17.8 Å². The summed E-state index contributed by atoms with van der Waals surface area (Å²) in [7, 11) is 1.16. The first-order valence-electron chi connectivity index (χ1n) is 7.35. The fraction of sp³-hybridized carbons (Fsp3) is 0.353. The van der Waals surface area contributed by atoms with Gasteiger partial charge in [-0.05, 0) is 25.0 Å². The zero-order chi connectivity index (χ0) is 18.8. The third kappa shape index (κ3) is 18.1. The minimum Gasteiger partial charge on any atom is -1.00 e. The molecule has 26 heavy (non-hydrogen) atoms. The first-order chi connectivity index (χ1) is 10.9. The van der Waals surface area contributed by atoms with Gasteiger partial charge in [0.05, 0.1) is 0 Å². The van der Waals surface area contributed by atoms with Crippen LogP contribution in [0.5, 0.6) is 0 Å². The van der Waals surface area contributed by atoms with Crippen molar-refractivity contribution in [1.29, 1.82) is 0 Å². The fourth-order valence-corrected chi connectivity index (χ4v) is 1.76. The number of hydroxylamine groups is 3. The topological polar surface area (TPSA) is 83.5 Å². The van der Waals surface area contributed by atoms with E-state index in [0.29, 0.717) is 16.5 Å². The van der Waals surface area contributed by atoms with Crippen molar-refractivity contribution in [1.82, 2.24) is 0 Å². The molecule has 0 spiro atoms. The Hall–Kier alpha value is -0.670. The van der Waals surface area contributed by atoms with E-state index in [-0.39, 0.29) is 52.6 Å². The molecule has 1 rings (SSSR count). The second-order valence-corrected chi connectivity index (χ2v) is 7.03. The van der Waals surface area contributed by atoms with Crippen molar-refractivity contribution in [3.63, 3.8) is 0 Å². The monoisotopic (exact) mass is 413 g/mol. The van der Waals surface area contributed by atoms with Crippen LogP contribution in [0.15, 0.2) is 47.4 Å².